The number of nitrogens with zero attached hydrogens (tertiary/aromatic N) is 4. The predicted octanol–water partition coefficient (Wildman–Crippen LogP) is 1.67. The van der Waals surface area contributed by atoms with E-state index in [2.05, 4.69) is 68.2 Å². The van der Waals surface area contributed by atoms with Crippen LogP contribution in [0.5, 0.6) is 0 Å². The maximum atomic E-state index is 12.9. The van der Waals surface area contributed by atoms with Crippen molar-refractivity contribution < 1.29 is 4.79 Å². The summed E-state index contributed by atoms with van der Waals surface area (Å²) in [6.07, 6.45) is 3.77. The fourth-order valence-electron chi connectivity index (χ4n) is 4.17. The molecule has 0 saturated carbocycles. The molecule has 0 radical (unpaired) electrons. The van der Waals surface area contributed by atoms with Crippen molar-refractivity contribution in [2.75, 3.05) is 0 Å². The van der Waals surface area contributed by atoms with Crippen molar-refractivity contribution in [3.63, 3.8) is 0 Å². The van der Waals surface area contributed by atoms with Crippen molar-refractivity contribution in [3.8, 4) is 11.1 Å². The number of carbonyl (C=O) groups excluding carboxylic acids is 1. The second-order valence-corrected chi connectivity index (χ2v) is 8.12. The summed E-state index contributed by atoms with van der Waals surface area (Å²) in [5.74, 6) is 0.0442. The van der Waals surface area contributed by atoms with Gasteiger partial charge in [-0.2, -0.15) is 5.10 Å². The average molecular weight is 378 g/mol. The third-order valence-corrected chi connectivity index (χ3v) is 5.79. The van der Waals surface area contributed by atoms with Gasteiger partial charge in [-0.05, 0) is 34.9 Å². The minimum absolute atomic E-state index is 0.0442. The largest absolute Gasteiger partial charge is 0.339 e. The van der Waals surface area contributed by atoms with Crippen LogP contribution in [0, 0.1) is 0 Å². The number of amides is 1. The molecule has 0 saturated heterocycles. The van der Waals surface area contributed by atoms with Crippen LogP contribution in [0.2, 0.25) is 0 Å². The molecule has 0 aliphatic carbocycles. The van der Waals surface area contributed by atoms with Crippen LogP contribution in [-0.2, 0) is 18.9 Å². The fraction of sp³-hybridized carbons (Fsp3) is 0.136. The van der Waals surface area contributed by atoms with E-state index in [0.29, 0.717) is 12.1 Å². The van der Waals surface area contributed by atoms with Crippen LogP contribution in [0.3, 0.4) is 0 Å². The summed E-state index contributed by atoms with van der Waals surface area (Å²) >= 11 is 0. The number of fused-ring (bicyclic) bond motifs is 2. The first-order chi connectivity index (χ1) is 13.9. The minimum atomic E-state index is -0.420. The van der Waals surface area contributed by atoms with Gasteiger partial charge in [0.1, 0.15) is 15.7 Å². The first kappa shape index (κ1) is 17.7. The Balaban J connectivity index is 1.41. The molecule has 0 fully saturated rings. The molecule has 7 heteroatoms. The highest BCUT2D eigenvalue weighted by molar-refractivity contribution is 6.42. The Morgan fingerprint density at radius 3 is 2.55 bits per heavy atom. The zero-order valence-electron chi connectivity index (χ0n) is 16.8. The highest BCUT2D eigenvalue weighted by Gasteiger charge is 2.43. The van der Waals surface area contributed by atoms with E-state index in [0.717, 1.165) is 33.3 Å². The molecule has 29 heavy (non-hydrogen) atoms. The van der Waals surface area contributed by atoms with Gasteiger partial charge < -0.3 is 4.90 Å². The van der Waals surface area contributed by atoms with Crippen LogP contribution in [0.4, 0.5) is 0 Å². The fourth-order valence-corrected chi connectivity index (χ4v) is 4.17. The number of pyridine rings is 1. The summed E-state index contributed by atoms with van der Waals surface area (Å²) < 4.78 is 1.83. The quantitative estimate of drug-likeness (QED) is 0.510. The third kappa shape index (κ3) is 2.85. The maximum absolute atomic E-state index is 12.9. The van der Waals surface area contributed by atoms with Crippen LogP contribution < -0.4 is 0 Å². The molecule has 140 valence electrons. The molecule has 0 N–H and O–H groups in total. The lowest BCUT2D eigenvalue weighted by Crippen LogP contribution is -2.44. The average Bonchev–Trinajstić information content (AvgIpc) is 3.18. The molecule has 4 aromatic rings. The van der Waals surface area contributed by atoms with Gasteiger partial charge in [0.2, 0.25) is 0 Å². The number of hydrogen-bond acceptors (Lipinski definition) is 3. The zero-order chi connectivity index (χ0) is 20.2. The summed E-state index contributed by atoms with van der Waals surface area (Å²) in [6.45, 7) is 0.557. The summed E-state index contributed by atoms with van der Waals surface area (Å²) in [6, 6.07) is 18.4. The molecule has 5 nitrogen and oxygen atoms in total. The molecule has 2 aromatic carbocycles. The van der Waals surface area contributed by atoms with Crippen molar-refractivity contribution in [3.05, 3.63) is 83.8 Å². The first-order valence-corrected chi connectivity index (χ1v) is 9.74. The van der Waals surface area contributed by atoms with Gasteiger partial charge in [0.25, 0.3) is 5.91 Å². The molecular weight excluding hydrogens is 358 g/mol. The van der Waals surface area contributed by atoms with E-state index in [4.69, 9.17) is 0 Å². The highest BCUT2D eigenvalue weighted by Crippen LogP contribution is 2.34. The van der Waals surface area contributed by atoms with Gasteiger partial charge in [-0.25, -0.2) is 0 Å². The number of benzene rings is 2. The maximum Gasteiger partial charge on any atom is 0.255 e. The van der Waals surface area contributed by atoms with Crippen molar-refractivity contribution in [2.24, 2.45) is 7.05 Å². The number of carbonyl (C=O) groups is 1. The van der Waals surface area contributed by atoms with Crippen molar-refractivity contribution in [2.45, 2.75) is 11.9 Å². The highest BCUT2D eigenvalue weighted by atomic mass is 16.2. The first-order valence-electron chi connectivity index (χ1n) is 9.74. The van der Waals surface area contributed by atoms with Gasteiger partial charge in [-0.3, -0.25) is 14.5 Å². The van der Waals surface area contributed by atoms with Crippen LogP contribution in [-0.4, -0.2) is 41.3 Å². The molecule has 1 aliphatic heterocycles. The molecule has 0 atom stereocenters. The molecule has 0 unspecified atom stereocenters. The van der Waals surface area contributed by atoms with E-state index in [1.54, 1.807) is 6.20 Å². The normalized spacial score (nSPS) is 15.1. The Bertz CT molecular complexity index is 1250. The second-order valence-electron chi connectivity index (χ2n) is 8.12. The van der Waals surface area contributed by atoms with Crippen LogP contribution >= 0.6 is 0 Å². The molecule has 2 aromatic heterocycles. The van der Waals surface area contributed by atoms with E-state index in [9.17, 15) is 4.79 Å². The van der Waals surface area contributed by atoms with Gasteiger partial charge in [-0.15, -0.1) is 0 Å². The van der Waals surface area contributed by atoms with Gasteiger partial charge in [0.05, 0.1) is 16.8 Å². The molecule has 5 rings (SSSR count). The van der Waals surface area contributed by atoms with Crippen molar-refractivity contribution in [1.82, 2.24) is 19.7 Å². The van der Waals surface area contributed by atoms with Crippen molar-refractivity contribution >= 4 is 32.5 Å². The standard InChI is InChI=1S/C22H20B2N4O/c1-27-13-17-9-8-16(11-19(17)26-27)15-6-4-14(5-7-15)12-28-21(29)18-3-2-10-25-20(18)22(28,23)24/h2-11,13H,12,23-24H2,1H3. The third-order valence-electron chi connectivity index (χ3n) is 5.79. The van der Waals surface area contributed by atoms with E-state index in [1.165, 1.54) is 0 Å². The Kier molecular flexibility index (Phi) is 3.88. The van der Waals surface area contributed by atoms with Crippen LogP contribution in [0.15, 0.2) is 67.0 Å². The monoisotopic (exact) mass is 378 g/mol. The summed E-state index contributed by atoms with van der Waals surface area (Å²) in [7, 11) is 6.05. The Morgan fingerprint density at radius 2 is 1.79 bits per heavy atom. The molecule has 1 aliphatic rings. The van der Waals surface area contributed by atoms with Crippen molar-refractivity contribution in [1.29, 1.82) is 0 Å². The van der Waals surface area contributed by atoms with E-state index in [1.807, 2.05) is 35.0 Å². The summed E-state index contributed by atoms with van der Waals surface area (Å²) in [5, 5.41) is 5.21. The Morgan fingerprint density at radius 1 is 1.03 bits per heavy atom. The Hall–Kier alpha value is -3.34. The second kappa shape index (κ2) is 6.34. The van der Waals surface area contributed by atoms with Gasteiger partial charge in [-0.1, -0.05) is 36.4 Å². The van der Waals surface area contributed by atoms with E-state index in [-0.39, 0.29) is 5.91 Å². The molecule has 1 amide bonds. The van der Waals surface area contributed by atoms with Gasteiger partial charge in [0, 0.05) is 36.7 Å². The lowest BCUT2D eigenvalue weighted by Gasteiger charge is -2.32. The van der Waals surface area contributed by atoms with E-state index < -0.39 is 5.34 Å². The Labute approximate surface area is 171 Å². The van der Waals surface area contributed by atoms with E-state index >= 15 is 0 Å². The number of aromatic nitrogens is 3. The number of aryl methyl sites for hydroxylation is 1. The minimum Gasteiger partial charge on any atom is -0.339 e. The number of hydrogen-bond donors (Lipinski definition) is 0. The molecule has 3 heterocycles. The zero-order valence-corrected chi connectivity index (χ0v) is 16.8. The van der Waals surface area contributed by atoms with Gasteiger partial charge >= 0.3 is 0 Å². The summed E-state index contributed by atoms with van der Waals surface area (Å²) in [5.41, 5.74) is 5.92. The predicted molar refractivity (Wildman–Crippen MR) is 119 cm³/mol. The smallest absolute Gasteiger partial charge is 0.255 e. The lowest BCUT2D eigenvalue weighted by atomic mass is 9.59. The number of rotatable bonds is 3. The lowest BCUT2D eigenvalue weighted by molar-refractivity contribution is 0.0731. The van der Waals surface area contributed by atoms with Crippen LogP contribution in [0.1, 0.15) is 21.6 Å². The molecule has 0 spiro atoms. The topological polar surface area (TPSA) is 51.0 Å². The van der Waals surface area contributed by atoms with Gasteiger partial charge in [0.15, 0.2) is 0 Å². The molecule has 0 bridgehead atoms. The molecular formula is C22H20B2N4O. The SMILES string of the molecule is BC1(B)c2ncccc2C(=O)N1Cc1ccc(-c2ccc3cn(C)nc3c2)cc1. The van der Waals surface area contributed by atoms with Crippen LogP contribution in [0.25, 0.3) is 22.0 Å². The summed E-state index contributed by atoms with van der Waals surface area (Å²) in [4.78, 5) is 19.3.